The van der Waals surface area contributed by atoms with Crippen LogP contribution in [0.4, 0.5) is 0 Å². The van der Waals surface area contributed by atoms with Crippen molar-refractivity contribution in [2.24, 2.45) is 0 Å². The van der Waals surface area contributed by atoms with Gasteiger partial charge in [0.2, 0.25) is 0 Å². The number of hydrogen-bond acceptors (Lipinski definition) is 7. The summed E-state index contributed by atoms with van der Waals surface area (Å²) in [5.41, 5.74) is 4.00. The number of pyridine rings is 1. The van der Waals surface area contributed by atoms with E-state index in [9.17, 15) is 9.59 Å². The molecule has 0 saturated heterocycles. The van der Waals surface area contributed by atoms with Crippen LogP contribution in [0.25, 0.3) is 20.4 Å². The van der Waals surface area contributed by atoms with Crippen LogP contribution in [0.15, 0.2) is 41.7 Å². The van der Waals surface area contributed by atoms with E-state index in [0.717, 1.165) is 36.7 Å². The van der Waals surface area contributed by atoms with E-state index < -0.39 is 0 Å². The number of hydrogen-bond donors (Lipinski definition) is 0. The maximum atomic E-state index is 12.5. The number of carbonyl (C=O) groups is 2. The third-order valence-electron chi connectivity index (χ3n) is 4.95. The Morgan fingerprint density at radius 3 is 2.52 bits per heavy atom. The van der Waals surface area contributed by atoms with Crippen LogP contribution < -0.4 is 0 Å². The highest BCUT2D eigenvalue weighted by molar-refractivity contribution is 7.99. The summed E-state index contributed by atoms with van der Waals surface area (Å²) in [6.45, 7) is 4.39. The second-order valence-corrected chi connectivity index (χ2v) is 8.96. The number of aryl methyl sites for hydroxylation is 2. The molecule has 0 spiro atoms. The SMILES string of the molecule is Cc1cc(C)c2c(n1)sc1c(SCCN3C(=O)c4ccccc4C3=O)ncnc12. The van der Waals surface area contributed by atoms with E-state index in [-0.39, 0.29) is 11.8 Å². The van der Waals surface area contributed by atoms with Crippen molar-refractivity contribution in [2.75, 3.05) is 12.3 Å². The van der Waals surface area contributed by atoms with Gasteiger partial charge in [-0.15, -0.1) is 23.1 Å². The summed E-state index contributed by atoms with van der Waals surface area (Å²) in [4.78, 5) is 40.9. The Labute approximate surface area is 175 Å². The maximum absolute atomic E-state index is 12.5. The highest BCUT2D eigenvalue weighted by Gasteiger charge is 2.34. The normalized spacial score (nSPS) is 13.7. The maximum Gasteiger partial charge on any atom is 0.261 e. The van der Waals surface area contributed by atoms with Crippen molar-refractivity contribution in [3.63, 3.8) is 0 Å². The van der Waals surface area contributed by atoms with E-state index in [1.165, 1.54) is 16.7 Å². The number of benzene rings is 1. The van der Waals surface area contributed by atoms with Gasteiger partial charge in [-0.3, -0.25) is 14.5 Å². The fourth-order valence-corrected chi connectivity index (χ4v) is 5.92. The highest BCUT2D eigenvalue weighted by Crippen LogP contribution is 2.38. The molecule has 6 nitrogen and oxygen atoms in total. The summed E-state index contributed by atoms with van der Waals surface area (Å²) in [6.07, 6.45) is 1.57. The molecule has 4 heterocycles. The predicted octanol–water partition coefficient (Wildman–Crippen LogP) is 4.24. The minimum Gasteiger partial charge on any atom is -0.273 e. The Hall–Kier alpha value is -2.84. The van der Waals surface area contributed by atoms with Crippen LogP contribution in [-0.2, 0) is 0 Å². The lowest BCUT2D eigenvalue weighted by Gasteiger charge is -2.13. The quantitative estimate of drug-likeness (QED) is 0.279. The zero-order chi connectivity index (χ0) is 20.1. The molecule has 0 atom stereocenters. The molecule has 1 aromatic carbocycles. The molecule has 2 amide bonds. The van der Waals surface area contributed by atoms with Crippen LogP contribution in [0, 0.1) is 13.8 Å². The third kappa shape index (κ3) is 2.90. The molecule has 5 rings (SSSR count). The van der Waals surface area contributed by atoms with Gasteiger partial charge in [-0.2, -0.15) is 0 Å². The van der Waals surface area contributed by atoms with E-state index in [2.05, 4.69) is 27.9 Å². The Morgan fingerprint density at radius 2 is 1.79 bits per heavy atom. The van der Waals surface area contributed by atoms with Crippen molar-refractivity contribution in [3.8, 4) is 0 Å². The molecular weight excluding hydrogens is 404 g/mol. The zero-order valence-corrected chi connectivity index (χ0v) is 17.4. The summed E-state index contributed by atoms with van der Waals surface area (Å²) >= 11 is 3.12. The second-order valence-electron chi connectivity index (χ2n) is 6.88. The average molecular weight is 421 g/mol. The van der Waals surface area contributed by atoms with E-state index in [1.807, 2.05) is 6.92 Å². The molecule has 144 valence electrons. The smallest absolute Gasteiger partial charge is 0.261 e. The van der Waals surface area contributed by atoms with E-state index in [0.29, 0.717) is 23.4 Å². The predicted molar refractivity (Wildman–Crippen MR) is 115 cm³/mol. The average Bonchev–Trinajstić information content (AvgIpc) is 3.19. The molecule has 29 heavy (non-hydrogen) atoms. The monoisotopic (exact) mass is 420 g/mol. The Bertz CT molecular complexity index is 1280. The van der Waals surface area contributed by atoms with E-state index in [1.54, 1.807) is 41.9 Å². The van der Waals surface area contributed by atoms with Gasteiger partial charge in [0.1, 0.15) is 16.2 Å². The van der Waals surface area contributed by atoms with Crippen LogP contribution in [-0.4, -0.2) is 44.0 Å². The van der Waals surface area contributed by atoms with Gasteiger partial charge in [0.25, 0.3) is 11.8 Å². The fourth-order valence-electron chi connectivity index (χ4n) is 3.67. The van der Waals surface area contributed by atoms with Crippen molar-refractivity contribution in [1.82, 2.24) is 19.9 Å². The molecule has 1 aliphatic rings. The molecular formula is C21H16N4O2S2. The minimum absolute atomic E-state index is 0.226. The molecule has 8 heteroatoms. The number of nitrogens with zero attached hydrogens (tertiary/aromatic N) is 4. The molecule has 0 aliphatic carbocycles. The van der Waals surface area contributed by atoms with Gasteiger partial charge < -0.3 is 0 Å². The molecule has 3 aromatic heterocycles. The van der Waals surface area contributed by atoms with Crippen molar-refractivity contribution in [2.45, 2.75) is 18.9 Å². The summed E-state index contributed by atoms with van der Waals surface area (Å²) in [5.74, 6) is 0.115. The number of aromatic nitrogens is 3. The van der Waals surface area contributed by atoms with Crippen LogP contribution >= 0.6 is 23.1 Å². The number of fused-ring (bicyclic) bond motifs is 4. The van der Waals surface area contributed by atoms with Gasteiger partial charge >= 0.3 is 0 Å². The van der Waals surface area contributed by atoms with Crippen molar-refractivity contribution >= 4 is 55.3 Å². The summed E-state index contributed by atoms with van der Waals surface area (Å²) in [6, 6.07) is 9.01. The van der Waals surface area contributed by atoms with Crippen molar-refractivity contribution < 1.29 is 9.59 Å². The molecule has 0 saturated carbocycles. The molecule has 0 N–H and O–H groups in total. The van der Waals surface area contributed by atoms with Gasteiger partial charge in [-0.1, -0.05) is 12.1 Å². The van der Waals surface area contributed by atoms with Gasteiger partial charge in [-0.05, 0) is 37.6 Å². The van der Waals surface area contributed by atoms with Gasteiger partial charge in [0, 0.05) is 23.4 Å². The lowest BCUT2D eigenvalue weighted by molar-refractivity contribution is 0.0664. The van der Waals surface area contributed by atoms with Crippen LogP contribution in [0.5, 0.6) is 0 Å². The largest absolute Gasteiger partial charge is 0.273 e. The molecule has 0 radical (unpaired) electrons. The first-order valence-corrected chi connectivity index (χ1v) is 10.9. The number of imide groups is 1. The second kappa shape index (κ2) is 6.89. The number of carbonyl (C=O) groups excluding carboxylic acids is 2. The van der Waals surface area contributed by atoms with E-state index in [4.69, 9.17) is 0 Å². The number of thioether (sulfide) groups is 1. The highest BCUT2D eigenvalue weighted by atomic mass is 32.2. The summed E-state index contributed by atoms with van der Waals surface area (Å²) < 4.78 is 0.996. The lowest BCUT2D eigenvalue weighted by Crippen LogP contribution is -2.31. The summed E-state index contributed by atoms with van der Waals surface area (Å²) in [7, 11) is 0. The molecule has 1 aliphatic heterocycles. The Morgan fingerprint density at radius 1 is 1.07 bits per heavy atom. The lowest BCUT2D eigenvalue weighted by atomic mass is 10.1. The molecule has 0 bridgehead atoms. The van der Waals surface area contributed by atoms with Crippen LogP contribution in [0.3, 0.4) is 0 Å². The first-order valence-electron chi connectivity index (χ1n) is 9.14. The first-order chi connectivity index (χ1) is 14.0. The third-order valence-corrected chi connectivity index (χ3v) is 7.13. The standard InChI is InChI=1S/C21H16N4O2S2/c1-11-9-12(2)24-18-15(11)16-17(29-18)19(23-10-22-16)28-8-7-25-20(26)13-5-3-4-6-14(13)21(25)27/h3-6,9-10H,7-8H2,1-2H3. The van der Waals surface area contributed by atoms with Gasteiger partial charge in [-0.25, -0.2) is 15.0 Å². The number of thiophene rings is 1. The minimum atomic E-state index is -0.226. The fraction of sp³-hybridized carbons (Fsp3) is 0.190. The number of amides is 2. The number of rotatable bonds is 4. The molecule has 0 unspecified atom stereocenters. The molecule has 4 aromatic rings. The van der Waals surface area contributed by atoms with Crippen molar-refractivity contribution in [1.29, 1.82) is 0 Å². The van der Waals surface area contributed by atoms with Crippen LogP contribution in [0.2, 0.25) is 0 Å². The zero-order valence-electron chi connectivity index (χ0n) is 15.8. The Balaban J connectivity index is 1.40. The van der Waals surface area contributed by atoms with Crippen LogP contribution in [0.1, 0.15) is 32.0 Å². The van der Waals surface area contributed by atoms with Gasteiger partial charge in [0.15, 0.2) is 0 Å². The topological polar surface area (TPSA) is 76.1 Å². The first kappa shape index (κ1) is 18.2. The molecule has 0 fully saturated rings. The van der Waals surface area contributed by atoms with E-state index >= 15 is 0 Å². The van der Waals surface area contributed by atoms with Gasteiger partial charge in [0.05, 0.1) is 21.3 Å². The Kier molecular flexibility index (Phi) is 4.33. The van der Waals surface area contributed by atoms with Crippen molar-refractivity contribution in [3.05, 3.63) is 59.0 Å². The summed E-state index contributed by atoms with van der Waals surface area (Å²) in [5, 5.41) is 1.92.